The maximum absolute atomic E-state index is 14.2. The number of allylic oxidation sites excluding steroid dienone is 4. The lowest BCUT2D eigenvalue weighted by atomic mass is 9.47. The van der Waals surface area contributed by atoms with Gasteiger partial charge in [0.15, 0.2) is 11.6 Å². The number of phenols is 1. The first-order valence-electron chi connectivity index (χ1n) is 14.0. The number of imide groups is 1. The third-order valence-corrected chi connectivity index (χ3v) is 10.3. The van der Waals surface area contributed by atoms with Gasteiger partial charge in [-0.25, -0.2) is 4.90 Å². The third-order valence-electron chi connectivity index (χ3n) is 9.87. The van der Waals surface area contributed by atoms with Crippen LogP contribution in [-0.4, -0.2) is 42.7 Å². The van der Waals surface area contributed by atoms with Crippen molar-refractivity contribution in [3.8, 4) is 17.2 Å². The van der Waals surface area contributed by atoms with Crippen molar-refractivity contribution < 1.29 is 33.8 Å². The summed E-state index contributed by atoms with van der Waals surface area (Å²) in [6, 6.07) is 8.03. The highest BCUT2D eigenvalue weighted by Gasteiger charge is 2.64. The number of nitrogens with zero attached hydrogens (tertiary/aromatic N) is 1. The van der Waals surface area contributed by atoms with Gasteiger partial charge in [0, 0.05) is 34.6 Å². The zero-order valence-electron chi connectivity index (χ0n) is 24.1. The number of methoxy groups -OCH3 is 2. The normalized spacial score (nSPS) is 30.3. The molecule has 0 aromatic heterocycles. The second-order valence-electron chi connectivity index (χ2n) is 12.0. The molecule has 0 bridgehead atoms. The van der Waals surface area contributed by atoms with Gasteiger partial charge in [-0.2, -0.15) is 0 Å². The van der Waals surface area contributed by atoms with E-state index in [2.05, 4.69) is 0 Å². The number of anilines is 1. The minimum atomic E-state index is -1.21. The second-order valence-corrected chi connectivity index (χ2v) is 12.4. The number of Topliss-reactive ketones (excluding diaryl/α,β-unsaturated/α-hetero) is 1. The molecular weight excluding hydrogens is 558 g/mol. The maximum atomic E-state index is 14.2. The first-order chi connectivity index (χ1) is 19.9. The van der Waals surface area contributed by atoms with Gasteiger partial charge in [0.25, 0.3) is 0 Å². The number of amides is 2. The summed E-state index contributed by atoms with van der Waals surface area (Å²) >= 11 is 6.36. The number of carbonyl (C=O) groups is 4. The predicted molar refractivity (Wildman–Crippen MR) is 156 cm³/mol. The van der Waals surface area contributed by atoms with E-state index in [4.69, 9.17) is 21.1 Å². The molecule has 6 rings (SSSR count). The second kappa shape index (κ2) is 9.83. The summed E-state index contributed by atoms with van der Waals surface area (Å²) in [6.45, 7) is 5.29. The van der Waals surface area contributed by atoms with Crippen LogP contribution in [0, 0.1) is 36.0 Å². The van der Waals surface area contributed by atoms with Gasteiger partial charge in [-0.05, 0) is 62.0 Å². The lowest BCUT2D eigenvalue weighted by Gasteiger charge is -2.54. The van der Waals surface area contributed by atoms with Crippen LogP contribution in [0.3, 0.4) is 0 Å². The molecule has 2 fully saturated rings. The Balaban J connectivity index is 1.55. The number of ether oxygens (including phenoxy) is 2. The molecule has 1 saturated carbocycles. The van der Waals surface area contributed by atoms with Gasteiger partial charge < -0.3 is 14.6 Å². The molecule has 2 aromatic rings. The highest BCUT2D eigenvalue weighted by molar-refractivity contribution is 6.32. The topological polar surface area (TPSA) is 110 Å². The molecule has 0 spiro atoms. The van der Waals surface area contributed by atoms with Crippen LogP contribution in [0.5, 0.6) is 17.2 Å². The molecule has 0 unspecified atom stereocenters. The summed E-state index contributed by atoms with van der Waals surface area (Å²) < 4.78 is 11.4. The number of aromatic hydroxyl groups is 1. The summed E-state index contributed by atoms with van der Waals surface area (Å²) in [5, 5.41) is 10.9. The van der Waals surface area contributed by atoms with E-state index >= 15 is 0 Å². The van der Waals surface area contributed by atoms with Gasteiger partial charge >= 0.3 is 0 Å². The highest BCUT2D eigenvalue weighted by Crippen LogP contribution is 2.64. The molecule has 2 aromatic carbocycles. The van der Waals surface area contributed by atoms with Gasteiger partial charge in [0.2, 0.25) is 11.8 Å². The predicted octanol–water partition coefficient (Wildman–Crippen LogP) is 5.33. The van der Waals surface area contributed by atoms with Crippen molar-refractivity contribution in [1.82, 2.24) is 0 Å². The van der Waals surface area contributed by atoms with E-state index in [1.54, 1.807) is 32.0 Å². The van der Waals surface area contributed by atoms with E-state index in [0.717, 1.165) is 11.1 Å². The van der Waals surface area contributed by atoms with Crippen molar-refractivity contribution >= 4 is 40.7 Å². The van der Waals surface area contributed by atoms with Crippen molar-refractivity contribution in [2.45, 2.75) is 39.5 Å². The zero-order valence-corrected chi connectivity index (χ0v) is 24.8. The first-order valence-corrected chi connectivity index (χ1v) is 14.4. The Morgan fingerprint density at radius 3 is 2.26 bits per heavy atom. The van der Waals surface area contributed by atoms with Gasteiger partial charge in [0.1, 0.15) is 17.2 Å². The molecule has 9 heteroatoms. The molecule has 6 atom stereocenters. The van der Waals surface area contributed by atoms with Crippen LogP contribution in [0.25, 0.3) is 0 Å². The fraction of sp³-hybridized carbons (Fsp3) is 0.394. The average Bonchev–Trinajstić information content (AvgIpc) is 3.22. The minimum Gasteiger partial charge on any atom is -0.508 e. The Bertz CT molecular complexity index is 1620. The summed E-state index contributed by atoms with van der Waals surface area (Å²) in [5.74, 6) is -3.72. The number of hydrogen-bond donors (Lipinski definition) is 1. The summed E-state index contributed by atoms with van der Waals surface area (Å²) in [5.41, 5.74) is 1.72. The molecule has 218 valence electrons. The first kappa shape index (κ1) is 28.2. The van der Waals surface area contributed by atoms with Crippen LogP contribution < -0.4 is 14.4 Å². The summed E-state index contributed by atoms with van der Waals surface area (Å²) in [4.78, 5) is 56.9. The fourth-order valence-corrected chi connectivity index (χ4v) is 8.06. The quantitative estimate of drug-likeness (QED) is 0.379. The molecule has 3 aliphatic carbocycles. The van der Waals surface area contributed by atoms with E-state index in [0.29, 0.717) is 39.8 Å². The molecule has 42 heavy (non-hydrogen) atoms. The molecule has 1 saturated heterocycles. The lowest BCUT2D eigenvalue weighted by molar-refractivity contribution is -0.141. The number of benzene rings is 2. The lowest BCUT2D eigenvalue weighted by Crippen LogP contribution is -2.54. The SMILES string of the molecule is COc1cc(O)cc(OC)c1[C@H]1C2=CC[C@@H]3C(=O)N(c4ccc(C)c(Cl)c4)C(=O)[C@@H]3[C@@H]2C[C@H]2C(=O)C=C(C)C(=O)[C@@]12C. The van der Waals surface area contributed by atoms with Crippen LogP contribution in [-0.2, 0) is 19.2 Å². The molecule has 1 N–H and O–H groups in total. The Morgan fingerprint density at radius 2 is 1.64 bits per heavy atom. The molecule has 1 aliphatic heterocycles. The molecule has 4 aliphatic rings. The van der Waals surface area contributed by atoms with Gasteiger partial charge in [-0.15, -0.1) is 0 Å². The number of phenolic OH excluding ortho intramolecular Hbond substituents is 1. The standard InChI is InChI=1S/C33H32ClNO7/c1-15-6-7-17(11-23(15)34)35-31(39)20-9-8-19-21(27(20)32(35)40)14-22-24(37)10-16(2)30(38)33(22,3)29(19)28-25(41-4)12-18(36)13-26(28)42-5/h6-8,10-13,20-22,27,29,36H,9,14H2,1-5H3/t20-,21+,22-,27-,29+,33+/m0/s1. The average molecular weight is 590 g/mol. The molecule has 2 amide bonds. The van der Waals surface area contributed by atoms with Crippen LogP contribution >= 0.6 is 11.6 Å². The number of fused-ring (bicyclic) bond motifs is 4. The Labute approximate surface area is 248 Å². The minimum absolute atomic E-state index is 0.0784. The largest absolute Gasteiger partial charge is 0.508 e. The Hall–Kier alpha value is -3.91. The van der Waals surface area contributed by atoms with Crippen molar-refractivity contribution in [3.63, 3.8) is 0 Å². The van der Waals surface area contributed by atoms with Crippen molar-refractivity contribution in [3.05, 3.63) is 69.8 Å². The number of hydrogen-bond acceptors (Lipinski definition) is 7. The summed E-state index contributed by atoms with van der Waals surface area (Å²) in [6.07, 6.45) is 3.91. The van der Waals surface area contributed by atoms with E-state index in [1.165, 1.54) is 37.3 Å². The molecule has 1 heterocycles. The molecule has 0 radical (unpaired) electrons. The molecular formula is C33H32ClNO7. The number of aryl methyl sites for hydroxylation is 1. The molecule has 8 nitrogen and oxygen atoms in total. The Morgan fingerprint density at radius 1 is 0.976 bits per heavy atom. The number of halogens is 1. The van der Waals surface area contributed by atoms with Crippen molar-refractivity contribution in [1.29, 1.82) is 0 Å². The smallest absolute Gasteiger partial charge is 0.238 e. The third kappa shape index (κ3) is 3.80. The van der Waals surface area contributed by atoms with Crippen LogP contribution in [0.4, 0.5) is 5.69 Å². The zero-order chi connectivity index (χ0) is 30.2. The van der Waals surface area contributed by atoms with Crippen LogP contribution in [0.15, 0.2) is 53.6 Å². The van der Waals surface area contributed by atoms with E-state index in [9.17, 15) is 24.3 Å². The van der Waals surface area contributed by atoms with Crippen molar-refractivity contribution in [2.75, 3.05) is 19.1 Å². The fourth-order valence-electron chi connectivity index (χ4n) is 7.89. The number of rotatable bonds is 4. The van der Waals surface area contributed by atoms with Crippen LogP contribution in [0.2, 0.25) is 5.02 Å². The summed E-state index contributed by atoms with van der Waals surface area (Å²) in [7, 11) is 2.93. The maximum Gasteiger partial charge on any atom is 0.238 e. The van der Waals surface area contributed by atoms with Crippen LogP contribution in [0.1, 0.15) is 43.7 Å². The van der Waals surface area contributed by atoms with Gasteiger partial charge in [-0.3, -0.25) is 19.2 Å². The number of ketones is 2. The number of carbonyl (C=O) groups excluding carboxylic acids is 4. The van der Waals surface area contributed by atoms with E-state index in [1.807, 2.05) is 13.0 Å². The van der Waals surface area contributed by atoms with E-state index < -0.39 is 35.0 Å². The van der Waals surface area contributed by atoms with Gasteiger partial charge in [0.05, 0.1) is 37.2 Å². The van der Waals surface area contributed by atoms with E-state index in [-0.39, 0.29) is 35.6 Å². The van der Waals surface area contributed by atoms with Gasteiger partial charge in [-0.1, -0.05) is 36.2 Å². The monoisotopic (exact) mass is 589 g/mol. The highest BCUT2D eigenvalue weighted by atomic mass is 35.5. The Kier molecular flexibility index (Phi) is 6.61. The van der Waals surface area contributed by atoms with Crippen molar-refractivity contribution in [2.24, 2.45) is 29.1 Å².